The molecule has 0 fully saturated rings. The summed E-state index contributed by atoms with van der Waals surface area (Å²) >= 11 is 0. The first kappa shape index (κ1) is 23.6. The fourth-order valence-corrected chi connectivity index (χ4v) is 2.60. The van der Waals surface area contributed by atoms with Crippen LogP contribution >= 0.6 is 0 Å². The fraction of sp³-hybridized carbons (Fsp3) is 0.250. The summed E-state index contributed by atoms with van der Waals surface area (Å²) in [6, 6.07) is 13.9. The average Bonchev–Trinajstić information content (AvgIpc) is 2.75. The largest absolute Gasteiger partial charge is 0.595 e. The van der Waals surface area contributed by atoms with Crippen LogP contribution in [-0.4, -0.2) is 35.8 Å². The van der Waals surface area contributed by atoms with Gasteiger partial charge in [0, 0.05) is 24.4 Å². The second-order valence-corrected chi connectivity index (χ2v) is 6.58. The van der Waals surface area contributed by atoms with Gasteiger partial charge in [-0.05, 0) is 30.5 Å². The third-order valence-corrected chi connectivity index (χ3v) is 4.17. The molecule has 2 aromatic carbocycles. The molecule has 2 atom stereocenters. The van der Waals surface area contributed by atoms with Crippen LogP contribution in [0.5, 0.6) is 0 Å². The molecule has 0 aromatic heterocycles. The zero-order chi connectivity index (χ0) is 22.6. The number of alkyl carbamates (subject to hydrolysis) is 1. The van der Waals surface area contributed by atoms with E-state index in [9.17, 15) is 14.8 Å². The van der Waals surface area contributed by atoms with Gasteiger partial charge in [-0.25, -0.2) is 10.0 Å². The highest BCUT2D eigenvalue weighted by atomic mass is 16.8. The molecule has 11 heteroatoms. The number of nitrogens with zero attached hydrogens (tertiary/aromatic N) is 1. The second-order valence-electron chi connectivity index (χ2n) is 6.58. The first-order valence-electron chi connectivity index (χ1n) is 9.52. The Kier molecular flexibility index (Phi) is 9.23. The molecule has 0 aliphatic carbocycles. The smallest absolute Gasteiger partial charge is 0.408 e. The molecular weight excluding hydrogens is 404 g/mol. The summed E-state index contributed by atoms with van der Waals surface area (Å²) in [6.45, 7) is 0.353. The Morgan fingerprint density at radius 1 is 1.13 bits per heavy atom. The molecule has 0 radical (unpaired) electrons. The van der Waals surface area contributed by atoms with Crippen molar-refractivity contribution < 1.29 is 24.8 Å². The van der Waals surface area contributed by atoms with Crippen molar-refractivity contribution in [2.24, 2.45) is 16.5 Å². The van der Waals surface area contributed by atoms with Crippen molar-refractivity contribution in [3.63, 3.8) is 0 Å². The normalized spacial score (nSPS) is 12.3. The van der Waals surface area contributed by atoms with Gasteiger partial charge in [0.25, 0.3) is 0 Å². The van der Waals surface area contributed by atoms with E-state index in [4.69, 9.17) is 21.4 Å². The number of quaternary nitrogens is 1. The van der Waals surface area contributed by atoms with E-state index in [0.717, 1.165) is 5.56 Å². The standard InChI is InChI=1S/C20H26N6O5/c21-19(22)23-12-4-7-17(25-20(28)31-13-14-5-2-1-3-6-14)18(27)24-15-8-10-16(11-9-15)26(29)30/h1-3,5-6,8-11,17,26,29H,4,7,12-13H2,(H,24,27)(H,25,28)(H4,21,22,23)/t17-/m1/s1. The molecule has 0 spiro atoms. The topological polar surface area (TPSA) is 180 Å². The Bertz CT molecular complexity index is 869. The number of anilines is 1. The molecule has 0 bridgehead atoms. The van der Waals surface area contributed by atoms with Gasteiger partial charge in [0.2, 0.25) is 5.91 Å². The van der Waals surface area contributed by atoms with Gasteiger partial charge in [0.05, 0.1) is 0 Å². The number of carbonyl (C=O) groups is 2. The predicted octanol–water partition coefficient (Wildman–Crippen LogP) is 0.377. The third-order valence-electron chi connectivity index (χ3n) is 4.17. The van der Waals surface area contributed by atoms with E-state index < -0.39 is 23.3 Å². The Morgan fingerprint density at radius 2 is 1.81 bits per heavy atom. The van der Waals surface area contributed by atoms with Gasteiger partial charge in [-0.2, -0.15) is 5.23 Å². The van der Waals surface area contributed by atoms with Crippen LogP contribution in [0.15, 0.2) is 59.6 Å². The number of aliphatic imine (C=N–C) groups is 1. The lowest BCUT2D eigenvalue weighted by Gasteiger charge is -2.18. The van der Waals surface area contributed by atoms with Crippen molar-refractivity contribution in [1.82, 2.24) is 5.32 Å². The lowest BCUT2D eigenvalue weighted by Crippen LogP contribution is -2.99. The molecule has 8 N–H and O–H groups in total. The summed E-state index contributed by atoms with van der Waals surface area (Å²) in [7, 11) is 0. The fourth-order valence-electron chi connectivity index (χ4n) is 2.60. The molecule has 2 amide bonds. The zero-order valence-electron chi connectivity index (χ0n) is 16.8. The molecule has 0 saturated heterocycles. The van der Waals surface area contributed by atoms with E-state index in [1.54, 1.807) is 0 Å². The highest BCUT2D eigenvalue weighted by molar-refractivity contribution is 5.96. The quantitative estimate of drug-likeness (QED) is 0.136. The van der Waals surface area contributed by atoms with E-state index in [1.165, 1.54) is 24.3 Å². The summed E-state index contributed by atoms with van der Waals surface area (Å²) in [4.78, 5) is 28.7. The van der Waals surface area contributed by atoms with Crippen molar-refractivity contribution in [3.05, 3.63) is 65.4 Å². The molecule has 0 aliphatic heterocycles. The molecule has 31 heavy (non-hydrogen) atoms. The molecular formula is C20H26N6O5. The van der Waals surface area contributed by atoms with Crippen molar-refractivity contribution in [2.45, 2.75) is 25.5 Å². The van der Waals surface area contributed by atoms with E-state index in [1.807, 2.05) is 30.3 Å². The average molecular weight is 430 g/mol. The van der Waals surface area contributed by atoms with Crippen LogP contribution in [0.3, 0.4) is 0 Å². The number of ether oxygens (including phenoxy) is 1. The summed E-state index contributed by atoms with van der Waals surface area (Å²) in [5, 5.41) is 24.0. The highest BCUT2D eigenvalue weighted by Gasteiger charge is 2.21. The highest BCUT2D eigenvalue weighted by Crippen LogP contribution is 2.12. The number of hydrogen-bond donors (Lipinski definition) is 6. The first-order chi connectivity index (χ1) is 14.8. The summed E-state index contributed by atoms with van der Waals surface area (Å²) < 4.78 is 5.18. The van der Waals surface area contributed by atoms with Gasteiger partial charge < -0.3 is 32.0 Å². The van der Waals surface area contributed by atoms with Crippen LogP contribution in [0.1, 0.15) is 18.4 Å². The number of amides is 2. The Balaban J connectivity index is 1.97. The van der Waals surface area contributed by atoms with E-state index in [0.29, 0.717) is 18.7 Å². The van der Waals surface area contributed by atoms with Crippen LogP contribution in [0.4, 0.5) is 16.2 Å². The van der Waals surface area contributed by atoms with Gasteiger partial charge in [-0.15, -0.1) is 0 Å². The van der Waals surface area contributed by atoms with Gasteiger partial charge in [-0.3, -0.25) is 9.79 Å². The van der Waals surface area contributed by atoms with Crippen LogP contribution in [0, 0.1) is 5.21 Å². The lowest BCUT2D eigenvalue weighted by molar-refractivity contribution is -0.991. The summed E-state index contributed by atoms with van der Waals surface area (Å²) in [5.74, 6) is -0.542. The van der Waals surface area contributed by atoms with Crippen molar-refractivity contribution in [2.75, 3.05) is 11.9 Å². The summed E-state index contributed by atoms with van der Waals surface area (Å²) in [6.07, 6.45) is -0.0459. The molecule has 2 rings (SSSR count). The number of guanidine groups is 1. The number of carbonyl (C=O) groups excluding carboxylic acids is 2. The predicted molar refractivity (Wildman–Crippen MR) is 114 cm³/mol. The Labute approximate surface area is 179 Å². The van der Waals surface area contributed by atoms with Gasteiger partial charge in [0.15, 0.2) is 11.6 Å². The molecule has 0 aliphatic rings. The second kappa shape index (κ2) is 12.1. The van der Waals surface area contributed by atoms with Crippen molar-refractivity contribution in [1.29, 1.82) is 0 Å². The third kappa shape index (κ3) is 8.70. The molecule has 0 heterocycles. The number of hydrogen-bond acceptors (Lipinski definition) is 6. The maximum Gasteiger partial charge on any atom is 0.408 e. The zero-order valence-corrected chi connectivity index (χ0v) is 16.8. The monoisotopic (exact) mass is 430 g/mol. The number of nitrogens with two attached hydrogens (primary N) is 2. The maximum absolute atomic E-state index is 12.7. The van der Waals surface area contributed by atoms with Gasteiger partial charge in [-0.1, -0.05) is 30.3 Å². The van der Waals surface area contributed by atoms with Gasteiger partial charge >= 0.3 is 6.09 Å². The Morgan fingerprint density at radius 3 is 2.42 bits per heavy atom. The molecule has 1 unspecified atom stereocenters. The van der Waals surface area contributed by atoms with Gasteiger partial charge in [0.1, 0.15) is 12.6 Å². The maximum atomic E-state index is 12.7. The minimum absolute atomic E-state index is 0.0604. The minimum atomic E-state index is -1.07. The molecule has 0 saturated carbocycles. The molecule has 11 nitrogen and oxygen atoms in total. The van der Waals surface area contributed by atoms with E-state index >= 15 is 0 Å². The van der Waals surface area contributed by atoms with E-state index in [-0.39, 0.29) is 24.7 Å². The molecule has 166 valence electrons. The number of nitrogens with one attached hydrogen (secondary N) is 3. The lowest BCUT2D eigenvalue weighted by atomic mass is 10.1. The molecule has 2 aromatic rings. The van der Waals surface area contributed by atoms with Crippen molar-refractivity contribution >= 4 is 29.3 Å². The number of rotatable bonds is 10. The van der Waals surface area contributed by atoms with Crippen LogP contribution in [0.2, 0.25) is 0 Å². The Hall–Kier alpha value is -3.67. The number of benzene rings is 2. The first-order valence-corrected chi connectivity index (χ1v) is 9.52. The van der Waals surface area contributed by atoms with Crippen molar-refractivity contribution in [3.8, 4) is 0 Å². The minimum Gasteiger partial charge on any atom is -0.595 e. The van der Waals surface area contributed by atoms with Crippen LogP contribution in [-0.2, 0) is 16.1 Å². The van der Waals surface area contributed by atoms with E-state index in [2.05, 4.69) is 15.6 Å². The van der Waals surface area contributed by atoms with Crippen LogP contribution < -0.4 is 27.3 Å². The summed E-state index contributed by atoms with van der Waals surface area (Å²) in [5.41, 5.74) is 11.9. The van der Waals surface area contributed by atoms with Crippen LogP contribution in [0.25, 0.3) is 0 Å². The SMILES string of the molecule is NC(N)=NCCC[C@@H](NC(=O)OCc1ccccc1)C(=O)Nc1ccc([NH+]([O-])O)cc1.